The largest absolute Gasteiger partial charge is 0.384 e. The minimum absolute atomic E-state index is 0.0729. The molecule has 1 nitrogen and oxygen atoms in total. The first-order valence-electron chi connectivity index (χ1n) is 9.44. The Morgan fingerprint density at radius 3 is 2.16 bits per heavy atom. The molecule has 0 spiro atoms. The second-order valence-electron chi connectivity index (χ2n) is 8.04. The molecule has 0 saturated heterocycles. The van der Waals surface area contributed by atoms with Crippen LogP contribution in [-0.4, -0.2) is 13.7 Å². The van der Waals surface area contributed by atoms with Crippen LogP contribution in [0.2, 0.25) is 0 Å². The lowest BCUT2D eigenvalue weighted by Crippen LogP contribution is -2.28. The van der Waals surface area contributed by atoms with Gasteiger partial charge < -0.3 is 4.74 Å². The topological polar surface area (TPSA) is 9.23 Å². The van der Waals surface area contributed by atoms with Crippen molar-refractivity contribution < 1.29 is 4.74 Å². The van der Waals surface area contributed by atoms with Gasteiger partial charge >= 0.3 is 0 Å². The highest BCUT2D eigenvalue weighted by Crippen LogP contribution is 2.34. The fourth-order valence-corrected chi connectivity index (χ4v) is 3.83. The van der Waals surface area contributed by atoms with Crippen molar-refractivity contribution in [2.45, 2.75) is 45.4 Å². The van der Waals surface area contributed by atoms with E-state index in [4.69, 9.17) is 4.74 Å². The maximum Gasteiger partial charge on any atom is 0.0556 e. The minimum atomic E-state index is 0.0729. The van der Waals surface area contributed by atoms with Crippen LogP contribution in [0.3, 0.4) is 0 Å². The van der Waals surface area contributed by atoms with E-state index >= 15 is 0 Å². The highest BCUT2D eigenvalue weighted by atomic mass is 16.5. The van der Waals surface area contributed by atoms with Crippen molar-refractivity contribution in [3.63, 3.8) is 0 Å². The Morgan fingerprint density at radius 2 is 1.52 bits per heavy atom. The molecule has 0 radical (unpaired) electrons. The molecule has 0 aliphatic heterocycles. The SMILES string of the molecule is COCC(C)(CCCC(C)C)c1ccc2cc3ccccc3cc2c1. The third kappa shape index (κ3) is 4.04. The molecule has 0 aliphatic carbocycles. The van der Waals surface area contributed by atoms with E-state index in [2.05, 4.69) is 75.4 Å². The van der Waals surface area contributed by atoms with Gasteiger partial charge in [-0.3, -0.25) is 0 Å². The molecule has 3 rings (SSSR count). The smallest absolute Gasteiger partial charge is 0.0556 e. The fraction of sp³-hybridized carbons (Fsp3) is 0.417. The van der Waals surface area contributed by atoms with E-state index < -0.39 is 0 Å². The lowest BCUT2D eigenvalue weighted by Gasteiger charge is -2.30. The first kappa shape index (κ1) is 17.9. The lowest BCUT2D eigenvalue weighted by atomic mass is 9.77. The van der Waals surface area contributed by atoms with Crippen LogP contribution in [0.4, 0.5) is 0 Å². The first-order chi connectivity index (χ1) is 12.0. The molecule has 1 unspecified atom stereocenters. The van der Waals surface area contributed by atoms with E-state index in [1.54, 1.807) is 0 Å². The van der Waals surface area contributed by atoms with E-state index in [0.717, 1.165) is 18.9 Å². The van der Waals surface area contributed by atoms with E-state index in [0.29, 0.717) is 0 Å². The second kappa shape index (κ2) is 7.58. The van der Waals surface area contributed by atoms with Crippen LogP contribution in [0.5, 0.6) is 0 Å². The monoisotopic (exact) mass is 334 g/mol. The maximum atomic E-state index is 5.60. The molecule has 0 amide bonds. The molecule has 0 fully saturated rings. The predicted molar refractivity (Wildman–Crippen MR) is 109 cm³/mol. The molecule has 3 aromatic carbocycles. The Balaban J connectivity index is 1.97. The molecule has 1 heteroatoms. The zero-order valence-electron chi connectivity index (χ0n) is 16.0. The Hall–Kier alpha value is -1.86. The summed E-state index contributed by atoms with van der Waals surface area (Å²) in [5, 5.41) is 5.24. The Bertz CT molecular complexity index is 849. The lowest BCUT2D eigenvalue weighted by molar-refractivity contribution is 0.130. The van der Waals surface area contributed by atoms with Gasteiger partial charge in [0.05, 0.1) is 6.61 Å². The number of hydrogen-bond acceptors (Lipinski definition) is 1. The molecular formula is C24H30O. The maximum absolute atomic E-state index is 5.60. The molecule has 0 heterocycles. The molecule has 0 saturated carbocycles. The van der Waals surface area contributed by atoms with Crippen molar-refractivity contribution >= 4 is 21.5 Å². The molecule has 1 atom stereocenters. The summed E-state index contributed by atoms with van der Waals surface area (Å²) in [5.41, 5.74) is 1.46. The summed E-state index contributed by atoms with van der Waals surface area (Å²) >= 11 is 0. The van der Waals surface area contributed by atoms with Gasteiger partial charge in [-0.2, -0.15) is 0 Å². The zero-order valence-corrected chi connectivity index (χ0v) is 16.0. The van der Waals surface area contributed by atoms with Gasteiger partial charge in [-0.15, -0.1) is 0 Å². The van der Waals surface area contributed by atoms with E-state index in [1.807, 2.05) is 7.11 Å². The molecule has 0 N–H and O–H groups in total. The van der Waals surface area contributed by atoms with Crippen LogP contribution in [0.1, 0.15) is 45.6 Å². The fourth-order valence-electron chi connectivity index (χ4n) is 3.83. The summed E-state index contributed by atoms with van der Waals surface area (Å²) in [4.78, 5) is 0. The number of benzene rings is 3. The normalized spacial score (nSPS) is 14.3. The van der Waals surface area contributed by atoms with Crippen molar-refractivity contribution in [1.82, 2.24) is 0 Å². The molecule has 0 aliphatic rings. The van der Waals surface area contributed by atoms with Gasteiger partial charge in [0.15, 0.2) is 0 Å². The van der Waals surface area contributed by atoms with Gasteiger partial charge in [0.25, 0.3) is 0 Å². The summed E-state index contributed by atoms with van der Waals surface area (Å²) in [6.45, 7) is 7.72. The zero-order chi connectivity index (χ0) is 17.9. The molecule has 25 heavy (non-hydrogen) atoms. The van der Waals surface area contributed by atoms with Gasteiger partial charge in [0, 0.05) is 12.5 Å². The number of methoxy groups -OCH3 is 1. The van der Waals surface area contributed by atoms with Gasteiger partial charge in [0.2, 0.25) is 0 Å². The Labute approximate surface area is 152 Å². The number of ether oxygens (including phenoxy) is 1. The minimum Gasteiger partial charge on any atom is -0.384 e. The number of rotatable bonds is 7. The average Bonchev–Trinajstić information content (AvgIpc) is 2.59. The standard InChI is InChI=1S/C24H30O/c1-18(2)8-7-13-24(3,17-25-4)23-12-11-21-14-19-9-5-6-10-20(19)15-22(21)16-23/h5-6,9-12,14-16,18H,7-8,13,17H2,1-4H3. The highest BCUT2D eigenvalue weighted by Gasteiger charge is 2.26. The molecule has 0 bridgehead atoms. The van der Waals surface area contributed by atoms with E-state index in [9.17, 15) is 0 Å². The predicted octanol–water partition coefficient (Wildman–Crippen LogP) is 6.72. The number of hydrogen-bond donors (Lipinski definition) is 0. The van der Waals surface area contributed by atoms with Crippen molar-refractivity contribution in [3.8, 4) is 0 Å². The van der Waals surface area contributed by atoms with E-state index in [-0.39, 0.29) is 5.41 Å². The molecular weight excluding hydrogens is 304 g/mol. The Kier molecular flexibility index (Phi) is 5.44. The quantitative estimate of drug-likeness (QED) is 0.436. The van der Waals surface area contributed by atoms with E-state index in [1.165, 1.54) is 39.9 Å². The van der Waals surface area contributed by atoms with Crippen LogP contribution >= 0.6 is 0 Å². The third-order valence-corrected chi connectivity index (χ3v) is 5.37. The summed E-state index contributed by atoms with van der Waals surface area (Å²) in [6.07, 6.45) is 3.68. The average molecular weight is 335 g/mol. The van der Waals surface area contributed by atoms with Crippen LogP contribution < -0.4 is 0 Å². The van der Waals surface area contributed by atoms with Crippen LogP contribution in [0.25, 0.3) is 21.5 Å². The summed E-state index contributed by atoms with van der Waals surface area (Å²) < 4.78 is 5.60. The highest BCUT2D eigenvalue weighted by molar-refractivity contribution is 5.98. The van der Waals surface area contributed by atoms with Crippen molar-refractivity contribution in [2.24, 2.45) is 5.92 Å². The van der Waals surface area contributed by atoms with Gasteiger partial charge in [0.1, 0.15) is 0 Å². The van der Waals surface area contributed by atoms with Crippen LogP contribution in [0, 0.1) is 5.92 Å². The Morgan fingerprint density at radius 1 is 0.880 bits per heavy atom. The van der Waals surface area contributed by atoms with Crippen molar-refractivity contribution in [3.05, 3.63) is 60.2 Å². The summed E-state index contributed by atoms with van der Waals surface area (Å²) in [5.74, 6) is 0.759. The summed E-state index contributed by atoms with van der Waals surface area (Å²) in [7, 11) is 1.81. The van der Waals surface area contributed by atoms with Gasteiger partial charge in [-0.1, -0.05) is 76.1 Å². The molecule has 0 aromatic heterocycles. The second-order valence-corrected chi connectivity index (χ2v) is 8.04. The first-order valence-corrected chi connectivity index (χ1v) is 9.44. The number of fused-ring (bicyclic) bond motifs is 2. The van der Waals surface area contributed by atoms with Crippen molar-refractivity contribution in [1.29, 1.82) is 0 Å². The molecule has 132 valence electrons. The third-order valence-electron chi connectivity index (χ3n) is 5.37. The van der Waals surface area contributed by atoms with Crippen LogP contribution in [-0.2, 0) is 10.2 Å². The van der Waals surface area contributed by atoms with Gasteiger partial charge in [-0.05, 0) is 51.6 Å². The van der Waals surface area contributed by atoms with Crippen molar-refractivity contribution in [2.75, 3.05) is 13.7 Å². The summed E-state index contributed by atoms with van der Waals surface area (Å²) in [6, 6.07) is 20.1. The van der Waals surface area contributed by atoms with Gasteiger partial charge in [-0.25, -0.2) is 0 Å². The van der Waals surface area contributed by atoms with Crippen LogP contribution in [0.15, 0.2) is 54.6 Å². The molecule has 3 aromatic rings.